The van der Waals surface area contributed by atoms with Gasteiger partial charge in [-0.05, 0) is 40.8 Å². The predicted octanol–water partition coefficient (Wildman–Crippen LogP) is 2.05. The van der Waals surface area contributed by atoms with E-state index in [0.29, 0.717) is 11.6 Å². The van der Waals surface area contributed by atoms with Crippen LogP contribution in [0.15, 0.2) is 15.5 Å². The average molecular weight is 299 g/mol. The molecule has 0 saturated heterocycles. The number of carbonyl (C=O) groups excluding carboxylic acids is 1. The average Bonchev–Trinajstić information content (AvgIpc) is 2.99. The van der Waals surface area contributed by atoms with Crippen LogP contribution >= 0.6 is 15.9 Å². The third kappa shape index (κ3) is 2.29. The van der Waals surface area contributed by atoms with Crippen LogP contribution in [0.3, 0.4) is 0 Å². The molecule has 2 rings (SSSR count). The van der Waals surface area contributed by atoms with Gasteiger partial charge in [-0.2, -0.15) is 0 Å². The molecule has 5 heteroatoms. The lowest BCUT2D eigenvalue weighted by molar-refractivity contribution is -0.117. The molecule has 1 saturated carbocycles. The van der Waals surface area contributed by atoms with Gasteiger partial charge in [-0.25, -0.2) is 0 Å². The molecular formula is C12H15BrN2O2. The molecule has 1 fully saturated rings. The number of hydrogen-bond donors (Lipinski definition) is 1. The molecule has 17 heavy (non-hydrogen) atoms. The van der Waals surface area contributed by atoms with Crippen LogP contribution in [0.5, 0.6) is 0 Å². The Morgan fingerprint density at radius 3 is 2.71 bits per heavy atom. The Morgan fingerprint density at radius 2 is 2.18 bits per heavy atom. The van der Waals surface area contributed by atoms with Crippen LogP contribution in [0.1, 0.15) is 18.9 Å². The summed E-state index contributed by atoms with van der Waals surface area (Å²) in [5, 5.41) is 2.75. The van der Waals surface area contributed by atoms with Gasteiger partial charge in [0.2, 0.25) is 5.91 Å². The van der Waals surface area contributed by atoms with Crippen LogP contribution in [0, 0.1) is 18.8 Å². The second-order valence-electron chi connectivity index (χ2n) is 4.70. The minimum atomic E-state index is -0.174. The fourth-order valence-corrected chi connectivity index (χ4v) is 2.34. The molecule has 0 aromatic carbocycles. The van der Waals surface area contributed by atoms with Crippen molar-refractivity contribution in [2.75, 3.05) is 5.32 Å². The molecule has 1 aliphatic carbocycles. The van der Waals surface area contributed by atoms with Gasteiger partial charge in [0.25, 0.3) is 5.56 Å². The maximum absolute atomic E-state index is 11.9. The van der Waals surface area contributed by atoms with Gasteiger partial charge in [-0.3, -0.25) is 9.59 Å². The molecule has 0 spiro atoms. The maximum Gasteiger partial charge on any atom is 0.274 e. The van der Waals surface area contributed by atoms with Crippen molar-refractivity contribution in [1.82, 2.24) is 4.57 Å². The summed E-state index contributed by atoms with van der Waals surface area (Å²) < 4.78 is 2.28. The van der Waals surface area contributed by atoms with Crippen LogP contribution in [0.2, 0.25) is 0 Å². The van der Waals surface area contributed by atoms with Crippen LogP contribution in [0.25, 0.3) is 0 Å². The Morgan fingerprint density at radius 1 is 1.59 bits per heavy atom. The van der Waals surface area contributed by atoms with Gasteiger partial charge in [0.05, 0.1) is 0 Å². The molecule has 1 aromatic heterocycles. The van der Waals surface area contributed by atoms with Crippen LogP contribution < -0.4 is 10.9 Å². The number of hydrogen-bond acceptors (Lipinski definition) is 2. The lowest BCUT2D eigenvalue weighted by atomic mass is 10.2. The zero-order chi connectivity index (χ0) is 12.7. The Bertz CT molecular complexity index is 536. The zero-order valence-electron chi connectivity index (χ0n) is 10.1. The van der Waals surface area contributed by atoms with Gasteiger partial charge in [-0.15, -0.1) is 0 Å². The van der Waals surface area contributed by atoms with Gasteiger partial charge in [0.15, 0.2) is 0 Å². The third-order valence-corrected chi connectivity index (χ3v) is 4.07. The van der Waals surface area contributed by atoms with E-state index in [4.69, 9.17) is 0 Å². The van der Waals surface area contributed by atoms with Gasteiger partial charge in [-0.1, -0.05) is 6.92 Å². The first-order valence-corrected chi connectivity index (χ1v) is 6.37. The topological polar surface area (TPSA) is 51.1 Å². The summed E-state index contributed by atoms with van der Waals surface area (Å²) >= 11 is 3.37. The standard InChI is InChI=1S/C12H15BrN2O2/c1-6-4-8(6)11(16)14-10-7(2)9(13)5-15(3)12(10)17/h5-6,8H,4H2,1-3H3,(H,14,16). The molecular weight excluding hydrogens is 284 g/mol. The minimum absolute atomic E-state index is 0.0456. The summed E-state index contributed by atoms with van der Waals surface area (Å²) in [6.45, 7) is 3.85. The second-order valence-corrected chi connectivity index (χ2v) is 5.56. The van der Waals surface area contributed by atoms with Gasteiger partial charge >= 0.3 is 0 Å². The number of aryl methyl sites for hydroxylation is 1. The highest BCUT2D eigenvalue weighted by molar-refractivity contribution is 9.10. The summed E-state index contributed by atoms with van der Waals surface area (Å²) in [7, 11) is 1.67. The quantitative estimate of drug-likeness (QED) is 0.908. The third-order valence-electron chi connectivity index (χ3n) is 3.27. The number of nitrogens with zero attached hydrogens (tertiary/aromatic N) is 1. The van der Waals surface area contributed by atoms with E-state index in [1.807, 2.05) is 13.8 Å². The zero-order valence-corrected chi connectivity index (χ0v) is 11.7. The Hall–Kier alpha value is -1.10. The molecule has 1 amide bonds. The maximum atomic E-state index is 11.9. The summed E-state index contributed by atoms with van der Waals surface area (Å²) in [6, 6.07) is 0. The summed E-state index contributed by atoms with van der Waals surface area (Å²) in [5.74, 6) is 0.459. The van der Waals surface area contributed by atoms with E-state index < -0.39 is 0 Å². The molecule has 1 aliphatic rings. The van der Waals surface area contributed by atoms with Crippen molar-refractivity contribution >= 4 is 27.5 Å². The second kappa shape index (κ2) is 4.29. The molecule has 4 nitrogen and oxygen atoms in total. The van der Waals surface area contributed by atoms with Crippen molar-refractivity contribution in [3.8, 4) is 0 Å². The largest absolute Gasteiger partial charge is 0.321 e. The highest BCUT2D eigenvalue weighted by Crippen LogP contribution is 2.38. The number of amides is 1. The minimum Gasteiger partial charge on any atom is -0.321 e. The number of rotatable bonds is 2. The van der Waals surface area contributed by atoms with E-state index >= 15 is 0 Å². The predicted molar refractivity (Wildman–Crippen MR) is 70.0 cm³/mol. The molecule has 1 aromatic rings. The number of anilines is 1. The van der Waals surface area contributed by atoms with E-state index in [9.17, 15) is 9.59 Å². The molecule has 2 unspecified atom stereocenters. The van der Waals surface area contributed by atoms with Gasteiger partial charge in [0.1, 0.15) is 5.69 Å². The molecule has 92 valence electrons. The lowest BCUT2D eigenvalue weighted by Crippen LogP contribution is -2.26. The summed E-state index contributed by atoms with van der Waals surface area (Å²) in [5.41, 5.74) is 0.980. The fraction of sp³-hybridized carbons (Fsp3) is 0.500. The molecule has 1 heterocycles. The Labute approximate surface area is 108 Å². The Balaban J connectivity index is 2.32. The smallest absolute Gasteiger partial charge is 0.274 e. The van der Waals surface area contributed by atoms with E-state index in [1.165, 1.54) is 4.57 Å². The highest BCUT2D eigenvalue weighted by Gasteiger charge is 2.39. The molecule has 0 bridgehead atoms. The van der Waals surface area contributed by atoms with Gasteiger partial charge < -0.3 is 9.88 Å². The fourth-order valence-electron chi connectivity index (χ4n) is 1.83. The number of carbonyl (C=O) groups is 1. The van der Waals surface area contributed by atoms with Crippen LogP contribution in [0.4, 0.5) is 5.69 Å². The van der Waals surface area contributed by atoms with Crippen molar-refractivity contribution in [2.24, 2.45) is 18.9 Å². The normalized spacial score (nSPS) is 22.4. The Kier molecular flexibility index (Phi) is 3.12. The van der Waals surface area contributed by atoms with Crippen LogP contribution in [-0.4, -0.2) is 10.5 Å². The van der Waals surface area contributed by atoms with Crippen LogP contribution in [-0.2, 0) is 11.8 Å². The van der Waals surface area contributed by atoms with E-state index in [2.05, 4.69) is 21.2 Å². The lowest BCUT2D eigenvalue weighted by Gasteiger charge is -2.10. The van der Waals surface area contributed by atoms with Crippen molar-refractivity contribution < 1.29 is 4.79 Å². The molecule has 0 radical (unpaired) electrons. The van der Waals surface area contributed by atoms with Crippen molar-refractivity contribution in [2.45, 2.75) is 20.3 Å². The summed E-state index contributed by atoms with van der Waals surface area (Å²) in [4.78, 5) is 23.8. The van der Waals surface area contributed by atoms with E-state index in [0.717, 1.165) is 16.5 Å². The number of pyridine rings is 1. The number of aromatic nitrogens is 1. The van der Waals surface area contributed by atoms with Crippen molar-refractivity contribution in [3.05, 3.63) is 26.6 Å². The van der Waals surface area contributed by atoms with E-state index in [1.54, 1.807) is 13.2 Å². The molecule has 2 atom stereocenters. The first kappa shape index (κ1) is 12.4. The molecule has 1 N–H and O–H groups in total. The molecule has 0 aliphatic heterocycles. The summed E-state index contributed by atoms with van der Waals surface area (Å²) in [6.07, 6.45) is 2.62. The first-order chi connectivity index (χ1) is 7.91. The van der Waals surface area contributed by atoms with Gasteiger partial charge in [0, 0.05) is 23.6 Å². The monoisotopic (exact) mass is 298 g/mol. The number of nitrogens with one attached hydrogen (secondary N) is 1. The van der Waals surface area contributed by atoms with E-state index in [-0.39, 0.29) is 17.4 Å². The van der Waals surface area contributed by atoms with Crippen molar-refractivity contribution in [1.29, 1.82) is 0 Å². The first-order valence-electron chi connectivity index (χ1n) is 5.58. The highest BCUT2D eigenvalue weighted by atomic mass is 79.9. The SMILES string of the molecule is Cc1c(Br)cn(C)c(=O)c1NC(=O)C1CC1C. The number of halogens is 1. The van der Waals surface area contributed by atoms with Crippen molar-refractivity contribution in [3.63, 3.8) is 0 Å².